The Morgan fingerprint density at radius 1 is 1.10 bits per heavy atom. The molecule has 3 rings (SSSR count). The Morgan fingerprint density at radius 3 is 2.50 bits per heavy atom. The molecule has 0 unspecified atom stereocenters. The Balaban J connectivity index is 2.12. The van der Waals surface area contributed by atoms with E-state index in [1.165, 1.54) is 18.2 Å². The highest BCUT2D eigenvalue weighted by atomic mass is 19.4. The van der Waals surface area contributed by atoms with E-state index in [4.69, 9.17) is 15.2 Å². The maximum absolute atomic E-state index is 12.9. The fourth-order valence-corrected chi connectivity index (χ4v) is 1.97. The third kappa shape index (κ3) is 2.02. The van der Waals surface area contributed by atoms with Crippen molar-refractivity contribution in [3.63, 3.8) is 0 Å². The number of aromatic nitrogens is 1. The standard InChI is InChI=1S/C12H9F3N2O3/c13-12(14,15)10-9(11(16)20-17-10)6-1-2-7-8(5-6)19-4-3-18-7/h1-2,5H,3-4,16H2. The number of nitrogens with two attached hydrogens (primary N) is 1. The van der Waals surface area contributed by atoms with Gasteiger partial charge in [0.1, 0.15) is 13.2 Å². The molecule has 1 aliphatic rings. The molecular formula is C12H9F3N2O3. The monoisotopic (exact) mass is 286 g/mol. The maximum atomic E-state index is 12.9. The van der Waals surface area contributed by atoms with E-state index in [9.17, 15) is 13.2 Å². The van der Waals surface area contributed by atoms with E-state index in [-0.39, 0.29) is 11.1 Å². The van der Waals surface area contributed by atoms with Gasteiger partial charge in [-0.05, 0) is 17.7 Å². The largest absolute Gasteiger partial charge is 0.486 e. The second-order valence-electron chi connectivity index (χ2n) is 4.13. The zero-order chi connectivity index (χ0) is 14.3. The van der Waals surface area contributed by atoms with Gasteiger partial charge in [-0.15, -0.1) is 0 Å². The Labute approximate surface area is 111 Å². The Hall–Kier alpha value is -2.38. The molecule has 0 spiro atoms. The van der Waals surface area contributed by atoms with Crippen molar-refractivity contribution in [3.8, 4) is 22.6 Å². The SMILES string of the molecule is Nc1onc(C(F)(F)F)c1-c1ccc2c(c1)OCCO2. The van der Waals surface area contributed by atoms with Crippen molar-refractivity contribution in [2.24, 2.45) is 0 Å². The van der Waals surface area contributed by atoms with Crippen molar-refractivity contribution in [2.75, 3.05) is 18.9 Å². The molecular weight excluding hydrogens is 277 g/mol. The summed E-state index contributed by atoms with van der Waals surface area (Å²) in [4.78, 5) is 0. The van der Waals surface area contributed by atoms with Crippen LogP contribution in [0.15, 0.2) is 22.7 Å². The number of ether oxygens (including phenoxy) is 2. The van der Waals surface area contributed by atoms with Crippen molar-refractivity contribution in [1.82, 2.24) is 5.16 Å². The van der Waals surface area contributed by atoms with Gasteiger partial charge in [0, 0.05) is 0 Å². The summed E-state index contributed by atoms with van der Waals surface area (Å²) in [7, 11) is 0. The summed E-state index contributed by atoms with van der Waals surface area (Å²) in [5.74, 6) is 0.445. The molecule has 0 atom stereocenters. The molecule has 106 valence electrons. The van der Waals surface area contributed by atoms with Crippen molar-refractivity contribution in [2.45, 2.75) is 6.18 Å². The number of fused-ring (bicyclic) bond motifs is 1. The van der Waals surface area contributed by atoms with E-state index in [0.717, 1.165) is 0 Å². The molecule has 2 N–H and O–H groups in total. The highest BCUT2D eigenvalue weighted by Crippen LogP contribution is 2.42. The molecule has 0 amide bonds. The minimum atomic E-state index is -4.65. The average Bonchev–Trinajstić information content (AvgIpc) is 2.80. The predicted molar refractivity (Wildman–Crippen MR) is 62.3 cm³/mol. The van der Waals surface area contributed by atoms with Gasteiger partial charge in [0.15, 0.2) is 17.2 Å². The van der Waals surface area contributed by atoms with E-state index >= 15 is 0 Å². The molecule has 20 heavy (non-hydrogen) atoms. The summed E-state index contributed by atoms with van der Waals surface area (Å²) in [6.07, 6.45) is -4.65. The molecule has 0 bridgehead atoms. The summed E-state index contributed by atoms with van der Waals surface area (Å²) in [6, 6.07) is 4.40. The molecule has 1 aromatic heterocycles. The minimum Gasteiger partial charge on any atom is -0.486 e. The average molecular weight is 286 g/mol. The molecule has 0 fully saturated rings. The lowest BCUT2D eigenvalue weighted by Gasteiger charge is -2.18. The fourth-order valence-electron chi connectivity index (χ4n) is 1.97. The van der Waals surface area contributed by atoms with E-state index < -0.39 is 17.8 Å². The summed E-state index contributed by atoms with van der Waals surface area (Å²) >= 11 is 0. The fraction of sp³-hybridized carbons (Fsp3) is 0.250. The van der Waals surface area contributed by atoms with Gasteiger partial charge in [0.05, 0.1) is 5.56 Å². The number of nitrogens with zero attached hydrogens (tertiary/aromatic N) is 1. The number of benzene rings is 1. The Morgan fingerprint density at radius 2 is 1.80 bits per heavy atom. The molecule has 2 aromatic rings. The van der Waals surface area contributed by atoms with E-state index in [0.29, 0.717) is 24.7 Å². The van der Waals surface area contributed by atoms with Crippen LogP contribution in [0.4, 0.5) is 19.1 Å². The van der Waals surface area contributed by atoms with Gasteiger partial charge in [-0.1, -0.05) is 11.2 Å². The summed E-state index contributed by atoms with van der Waals surface area (Å²) in [5.41, 5.74) is 4.20. The number of halogens is 3. The lowest BCUT2D eigenvalue weighted by atomic mass is 10.0. The molecule has 0 aliphatic carbocycles. The van der Waals surface area contributed by atoms with Crippen molar-refractivity contribution in [1.29, 1.82) is 0 Å². The normalized spacial score (nSPS) is 14.3. The van der Waals surface area contributed by atoms with Crippen molar-refractivity contribution >= 4 is 5.88 Å². The minimum absolute atomic E-state index is 0.209. The quantitative estimate of drug-likeness (QED) is 0.872. The summed E-state index contributed by atoms with van der Waals surface area (Å²) < 4.78 is 53.6. The van der Waals surface area contributed by atoms with E-state index in [2.05, 4.69) is 9.68 Å². The van der Waals surface area contributed by atoms with Crippen LogP contribution in [-0.4, -0.2) is 18.4 Å². The molecule has 1 aliphatic heterocycles. The number of nitrogen functional groups attached to an aromatic ring is 1. The van der Waals surface area contributed by atoms with Gasteiger partial charge in [-0.2, -0.15) is 13.2 Å². The first kappa shape index (κ1) is 12.6. The van der Waals surface area contributed by atoms with Crippen LogP contribution in [0.5, 0.6) is 11.5 Å². The van der Waals surface area contributed by atoms with Crippen LogP contribution in [0.25, 0.3) is 11.1 Å². The Bertz CT molecular complexity index is 652. The number of rotatable bonds is 1. The van der Waals surface area contributed by atoms with Crippen LogP contribution < -0.4 is 15.2 Å². The van der Waals surface area contributed by atoms with Gasteiger partial charge in [-0.25, -0.2) is 0 Å². The second kappa shape index (κ2) is 4.32. The van der Waals surface area contributed by atoms with E-state index in [1.807, 2.05) is 0 Å². The van der Waals surface area contributed by atoms with Gasteiger partial charge >= 0.3 is 6.18 Å². The molecule has 0 saturated heterocycles. The topological polar surface area (TPSA) is 70.5 Å². The third-order valence-electron chi connectivity index (χ3n) is 2.82. The highest BCUT2D eigenvalue weighted by Gasteiger charge is 2.39. The molecule has 5 nitrogen and oxygen atoms in total. The predicted octanol–water partition coefficient (Wildman–Crippen LogP) is 2.71. The molecule has 0 radical (unpaired) electrons. The Kier molecular flexibility index (Phi) is 2.73. The number of anilines is 1. The van der Waals surface area contributed by atoms with Gasteiger partial charge in [-0.3, -0.25) is 0 Å². The molecule has 1 aromatic carbocycles. The number of alkyl halides is 3. The number of hydrogen-bond acceptors (Lipinski definition) is 5. The third-order valence-corrected chi connectivity index (χ3v) is 2.82. The highest BCUT2D eigenvalue weighted by molar-refractivity contribution is 5.77. The van der Waals surface area contributed by atoms with E-state index in [1.54, 1.807) is 0 Å². The second-order valence-corrected chi connectivity index (χ2v) is 4.13. The maximum Gasteiger partial charge on any atom is 0.437 e. The molecule has 2 heterocycles. The summed E-state index contributed by atoms with van der Waals surface area (Å²) in [6.45, 7) is 0.733. The van der Waals surface area contributed by atoms with Gasteiger partial charge < -0.3 is 19.7 Å². The summed E-state index contributed by atoms with van der Waals surface area (Å²) in [5, 5.41) is 2.98. The van der Waals surface area contributed by atoms with Gasteiger partial charge in [0.2, 0.25) is 5.88 Å². The van der Waals surface area contributed by atoms with Crippen LogP contribution in [0.2, 0.25) is 0 Å². The van der Waals surface area contributed by atoms with Crippen LogP contribution >= 0.6 is 0 Å². The molecule has 0 saturated carbocycles. The lowest BCUT2D eigenvalue weighted by molar-refractivity contribution is -0.142. The first-order valence-corrected chi connectivity index (χ1v) is 5.69. The van der Waals surface area contributed by atoms with Crippen molar-refractivity contribution < 1.29 is 27.2 Å². The van der Waals surface area contributed by atoms with Crippen LogP contribution in [0, 0.1) is 0 Å². The number of hydrogen-bond donors (Lipinski definition) is 1. The van der Waals surface area contributed by atoms with Crippen LogP contribution in [0.3, 0.4) is 0 Å². The zero-order valence-electron chi connectivity index (χ0n) is 10.0. The zero-order valence-corrected chi connectivity index (χ0v) is 10.0. The van der Waals surface area contributed by atoms with Crippen LogP contribution in [0.1, 0.15) is 5.69 Å². The smallest absolute Gasteiger partial charge is 0.437 e. The van der Waals surface area contributed by atoms with Gasteiger partial charge in [0.25, 0.3) is 0 Å². The first-order chi connectivity index (χ1) is 9.47. The van der Waals surface area contributed by atoms with Crippen molar-refractivity contribution in [3.05, 3.63) is 23.9 Å². The first-order valence-electron chi connectivity index (χ1n) is 5.69. The molecule has 8 heteroatoms. The van der Waals surface area contributed by atoms with Crippen LogP contribution in [-0.2, 0) is 6.18 Å². The lowest BCUT2D eigenvalue weighted by Crippen LogP contribution is -2.15.